The summed E-state index contributed by atoms with van der Waals surface area (Å²) >= 11 is 0. The number of ether oxygens (including phenoxy) is 1. The summed E-state index contributed by atoms with van der Waals surface area (Å²) in [4.78, 5) is 24.1. The van der Waals surface area contributed by atoms with Gasteiger partial charge in [-0.2, -0.15) is 0 Å². The van der Waals surface area contributed by atoms with Crippen LogP contribution >= 0.6 is 0 Å². The monoisotopic (exact) mass is 372 g/mol. The predicted octanol–water partition coefficient (Wildman–Crippen LogP) is 4.44. The summed E-state index contributed by atoms with van der Waals surface area (Å²) in [6, 6.07) is 0. The van der Waals surface area contributed by atoms with Crippen LogP contribution in [0.4, 0.5) is 0 Å². The number of carbonyl (C=O) groups is 2. The Bertz CT molecular complexity index is 808. The molecule has 1 aromatic carbocycles. The Hall–Kier alpha value is -2.30. The molecular weight excluding hydrogens is 344 g/mol. The van der Waals surface area contributed by atoms with Gasteiger partial charge in [-0.1, -0.05) is 26.8 Å². The highest BCUT2D eigenvalue weighted by Gasteiger charge is 2.45. The van der Waals surface area contributed by atoms with Gasteiger partial charge in [0.25, 0.3) is 0 Å². The van der Waals surface area contributed by atoms with Gasteiger partial charge in [0, 0.05) is 17.9 Å². The smallest absolute Gasteiger partial charge is 0.170 e. The maximum atomic E-state index is 12.4. The van der Waals surface area contributed by atoms with E-state index in [0.717, 1.165) is 6.42 Å². The molecule has 3 atom stereocenters. The van der Waals surface area contributed by atoms with E-state index in [0.29, 0.717) is 36.5 Å². The second-order valence-electron chi connectivity index (χ2n) is 8.27. The number of carbonyl (C=O) groups excluding carboxylic acids is 2. The van der Waals surface area contributed by atoms with E-state index in [9.17, 15) is 19.8 Å². The minimum Gasteiger partial charge on any atom is -0.507 e. The highest BCUT2D eigenvalue weighted by molar-refractivity contribution is 6.05. The molecular formula is C22H28O5. The molecule has 2 aliphatic rings. The lowest BCUT2D eigenvalue weighted by Gasteiger charge is -2.45. The lowest BCUT2D eigenvalue weighted by Crippen LogP contribution is -2.47. The van der Waals surface area contributed by atoms with Gasteiger partial charge in [0.1, 0.15) is 28.4 Å². The maximum absolute atomic E-state index is 12.4. The molecule has 0 spiro atoms. The molecule has 27 heavy (non-hydrogen) atoms. The number of Topliss-reactive ketones (excluding diaryl/α,β-unsaturated/α-hetero) is 1. The molecule has 0 radical (unpaired) electrons. The highest BCUT2D eigenvalue weighted by Crippen LogP contribution is 2.51. The van der Waals surface area contributed by atoms with Crippen LogP contribution in [0, 0.1) is 17.8 Å². The first-order valence-electron chi connectivity index (χ1n) is 9.70. The standard InChI is InChI=1S/C22H28O5/c1-5-6-17(24)18-19(25)15-10-14-9-13(12(2)3)7-8-22(14,4)27-21(15)16(11-23)20(18)26/h7-8,11-14,25-26H,5-6,9-10H2,1-4H3. The van der Waals surface area contributed by atoms with Gasteiger partial charge in [0.15, 0.2) is 12.1 Å². The summed E-state index contributed by atoms with van der Waals surface area (Å²) in [6.45, 7) is 8.17. The normalized spacial score (nSPS) is 26.3. The summed E-state index contributed by atoms with van der Waals surface area (Å²) in [7, 11) is 0. The topological polar surface area (TPSA) is 83.8 Å². The molecule has 5 nitrogen and oxygen atoms in total. The van der Waals surface area contributed by atoms with Crippen LogP contribution in [0.15, 0.2) is 12.2 Å². The van der Waals surface area contributed by atoms with E-state index in [2.05, 4.69) is 19.9 Å². The summed E-state index contributed by atoms with van der Waals surface area (Å²) in [5, 5.41) is 21.3. The van der Waals surface area contributed by atoms with E-state index in [4.69, 9.17) is 4.74 Å². The molecule has 2 N–H and O–H groups in total. The second-order valence-corrected chi connectivity index (χ2v) is 8.27. The van der Waals surface area contributed by atoms with Crippen LogP contribution in [0.5, 0.6) is 17.2 Å². The number of aldehydes is 1. The van der Waals surface area contributed by atoms with Crippen LogP contribution in [-0.4, -0.2) is 27.9 Å². The number of hydrogen-bond acceptors (Lipinski definition) is 5. The number of phenols is 2. The van der Waals surface area contributed by atoms with Gasteiger partial charge in [0.2, 0.25) is 0 Å². The largest absolute Gasteiger partial charge is 0.507 e. The number of hydrogen-bond donors (Lipinski definition) is 2. The fraction of sp³-hybridized carbons (Fsp3) is 0.545. The van der Waals surface area contributed by atoms with Gasteiger partial charge in [-0.15, -0.1) is 0 Å². The molecule has 3 unspecified atom stereocenters. The van der Waals surface area contributed by atoms with Gasteiger partial charge < -0.3 is 14.9 Å². The van der Waals surface area contributed by atoms with Crippen molar-refractivity contribution in [2.45, 2.75) is 59.0 Å². The molecule has 1 aromatic rings. The molecule has 0 amide bonds. The highest BCUT2D eigenvalue weighted by atomic mass is 16.5. The van der Waals surface area contributed by atoms with Crippen LogP contribution in [-0.2, 0) is 6.42 Å². The molecule has 0 saturated heterocycles. The zero-order chi connectivity index (χ0) is 19.9. The number of ketones is 1. The van der Waals surface area contributed by atoms with Crippen molar-refractivity contribution in [3.05, 3.63) is 28.8 Å². The zero-order valence-electron chi connectivity index (χ0n) is 16.4. The van der Waals surface area contributed by atoms with Crippen LogP contribution in [0.2, 0.25) is 0 Å². The predicted molar refractivity (Wildman–Crippen MR) is 103 cm³/mol. The van der Waals surface area contributed by atoms with E-state index in [1.807, 2.05) is 19.9 Å². The molecule has 3 rings (SSSR count). The molecule has 0 bridgehead atoms. The first kappa shape index (κ1) is 19.5. The zero-order valence-corrected chi connectivity index (χ0v) is 16.4. The molecule has 0 aromatic heterocycles. The van der Waals surface area contributed by atoms with Crippen LogP contribution in [0.1, 0.15) is 73.2 Å². The molecule has 146 valence electrons. The average molecular weight is 372 g/mol. The third-order valence-corrected chi connectivity index (χ3v) is 6.08. The van der Waals surface area contributed by atoms with Crippen molar-refractivity contribution in [2.24, 2.45) is 17.8 Å². The van der Waals surface area contributed by atoms with Gasteiger partial charge in [-0.05, 0) is 44.1 Å². The summed E-state index contributed by atoms with van der Waals surface area (Å²) in [5.41, 5.74) is -0.364. The lowest BCUT2D eigenvalue weighted by atomic mass is 9.69. The van der Waals surface area contributed by atoms with Gasteiger partial charge >= 0.3 is 0 Å². The van der Waals surface area contributed by atoms with Crippen molar-refractivity contribution in [1.29, 1.82) is 0 Å². The molecule has 1 heterocycles. The maximum Gasteiger partial charge on any atom is 0.170 e. The van der Waals surface area contributed by atoms with Crippen molar-refractivity contribution in [3.8, 4) is 17.2 Å². The molecule has 1 aliphatic heterocycles. The van der Waals surface area contributed by atoms with Crippen molar-refractivity contribution >= 4 is 12.1 Å². The first-order valence-corrected chi connectivity index (χ1v) is 9.70. The number of phenolic OH excluding ortho intramolecular Hbond substituents is 2. The summed E-state index contributed by atoms with van der Waals surface area (Å²) in [6.07, 6.45) is 6.88. The van der Waals surface area contributed by atoms with Crippen LogP contribution in [0.25, 0.3) is 0 Å². The van der Waals surface area contributed by atoms with Crippen LogP contribution in [0.3, 0.4) is 0 Å². The van der Waals surface area contributed by atoms with E-state index in [-0.39, 0.29) is 40.7 Å². The second kappa shape index (κ2) is 7.02. The van der Waals surface area contributed by atoms with Crippen LogP contribution < -0.4 is 4.74 Å². The Balaban J connectivity index is 2.13. The third-order valence-electron chi connectivity index (χ3n) is 6.08. The number of allylic oxidation sites excluding steroid dienone is 1. The third kappa shape index (κ3) is 3.13. The first-order chi connectivity index (χ1) is 12.7. The Morgan fingerprint density at radius 3 is 2.67 bits per heavy atom. The number of fused-ring (bicyclic) bond motifs is 2. The average Bonchev–Trinajstić information content (AvgIpc) is 2.60. The Kier molecular flexibility index (Phi) is 5.06. The molecule has 0 fully saturated rings. The van der Waals surface area contributed by atoms with Gasteiger partial charge in [-0.25, -0.2) is 0 Å². The Morgan fingerprint density at radius 2 is 2.07 bits per heavy atom. The Labute approximate surface area is 160 Å². The van der Waals surface area contributed by atoms with E-state index in [1.54, 1.807) is 0 Å². The SMILES string of the molecule is CCCC(=O)c1c(O)c(C=O)c2c(c1O)CC1CC(C(C)C)C=CC1(C)O2. The minimum absolute atomic E-state index is 0.0543. The van der Waals surface area contributed by atoms with E-state index in [1.165, 1.54) is 0 Å². The molecule has 0 saturated carbocycles. The summed E-state index contributed by atoms with van der Waals surface area (Å²) < 4.78 is 6.18. The van der Waals surface area contributed by atoms with Crippen molar-refractivity contribution in [3.63, 3.8) is 0 Å². The van der Waals surface area contributed by atoms with Gasteiger partial charge in [-0.3, -0.25) is 9.59 Å². The van der Waals surface area contributed by atoms with Crippen molar-refractivity contribution in [1.82, 2.24) is 0 Å². The number of rotatable bonds is 5. The summed E-state index contributed by atoms with van der Waals surface area (Å²) in [5.74, 6) is 0.124. The lowest BCUT2D eigenvalue weighted by molar-refractivity contribution is 0.0302. The quantitative estimate of drug-likeness (QED) is 0.454. The number of aromatic hydroxyl groups is 2. The molecule has 5 heteroatoms. The van der Waals surface area contributed by atoms with E-state index < -0.39 is 11.4 Å². The van der Waals surface area contributed by atoms with Gasteiger partial charge in [0.05, 0.1) is 5.56 Å². The van der Waals surface area contributed by atoms with E-state index >= 15 is 0 Å². The minimum atomic E-state index is -0.607. The van der Waals surface area contributed by atoms with Crippen molar-refractivity contribution in [2.75, 3.05) is 0 Å². The molecule has 1 aliphatic carbocycles. The fourth-order valence-electron chi connectivity index (χ4n) is 4.26. The number of benzene rings is 1. The fourth-order valence-corrected chi connectivity index (χ4v) is 4.26. The Morgan fingerprint density at radius 1 is 1.37 bits per heavy atom. The van der Waals surface area contributed by atoms with Crippen molar-refractivity contribution < 1.29 is 24.5 Å².